The Morgan fingerprint density at radius 2 is 2.58 bits per heavy atom. The van der Waals surface area contributed by atoms with Crippen LogP contribution in [0.2, 0.25) is 0 Å². The van der Waals surface area contributed by atoms with Gasteiger partial charge < -0.3 is 20.1 Å². The van der Waals surface area contributed by atoms with Crippen LogP contribution in [0.15, 0.2) is 10.6 Å². The van der Waals surface area contributed by atoms with Gasteiger partial charge in [-0.1, -0.05) is 0 Å². The highest BCUT2D eigenvalue weighted by atomic mass is 16.5. The van der Waals surface area contributed by atoms with Gasteiger partial charge in [0.1, 0.15) is 0 Å². The van der Waals surface area contributed by atoms with Crippen LogP contribution in [0.1, 0.15) is 11.8 Å². The smallest absolute Gasteiger partial charge is 0.328 e. The van der Waals surface area contributed by atoms with E-state index in [4.69, 9.17) is 10.8 Å². The van der Waals surface area contributed by atoms with Crippen LogP contribution in [-0.2, 0) is 4.79 Å². The molecule has 0 aliphatic rings. The lowest BCUT2D eigenvalue weighted by Gasteiger charge is -1.97. The maximum Gasteiger partial charge on any atom is 0.328 e. The number of nitrogens with two attached hydrogens (primary N) is 1. The third-order valence-corrected chi connectivity index (χ3v) is 1.29. The predicted octanol–water partition coefficient (Wildman–Crippen LogP) is -0.232. The standard InChI is InChI=1S/C6H8N2O4/c1-11-4-2-3(12-8-4)5(7)6(9)10/h2,5H,7H2,1H3,(H,9,10). The fraction of sp³-hybridized carbons (Fsp3) is 0.333. The highest BCUT2D eigenvalue weighted by Crippen LogP contribution is 2.16. The van der Waals surface area contributed by atoms with Gasteiger partial charge in [0.15, 0.2) is 11.8 Å². The molecule has 6 nitrogen and oxygen atoms in total. The van der Waals surface area contributed by atoms with Crippen molar-refractivity contribution in [1.29, 1.82) is 0 Å². The lowest BCUT2D eigenvalue weighted by atomic mass is 10.2. The molecule has 0 radical (unpaired) electrons. The average molecular weight is 172 g/mol. The zero-order chi connectivity index (χ0) is 9.14. The van der Waals surface area contributed by atoms with Gasteiger partial charge in [-0.25, -0.2) is 0 Å². The predicted molar refractivity (Wildman–Crippen MR) is 37.6 cm³/mol. The molecule has 0 fully saturated rings. The van der Waals surface area contributed by atoms with E-state index in [0.29, 0.717) is 0 Å². The Bertz CT molecular complexity index is 283. The molecule has 12 heavy (non-hydrogen) atoms. The third-order valence-electron chi connectivity index (χ3n) is 1.29. The molecule has 6 heteroatoms. The first-order valence-electron chi connectivity index (χ1n) is 3.14. The van der Waals surface area contributed by atoms with E-state index in [1.54, 1.807) is 0 Å². The van der Waals surface area contributed by atoms with E-state index in [1.807, 2.05) is 0 Å². The quantitative estimate of drug-likeness (QED) is 0.653. The SMILES string of the molecule is COc1cc(C(N)C(=O)O)on1. The summed E-state index contributed by atoms with van der Waals surface area (Å²) in [4.78, 5) is 10.3. The second-order valence-electron chi connectivity index (χ2n) is 2.09. The van der Waals surface area contributed by atoms with Crippen LogP contribution in [0.5, 0.6) is 5.88 Å². The van der Waals surface area contributed by atoms with Crippen LogP contribution in [0, 0.1) is 0 Å². The minimum atomic E-state index is -1.19. The van der Waals surface area contributed by atoms with Crippen LogP contribution in [0.3, 0.4) is 0 Å². The zero-order valence-corrected chi connectivity index (χ0v) is 6.35. The van der Waals surface area contributed by atoms with Gasteiger partial charge in [-0.2, -0.15) is 0 Å². The molecule has 1 atom stereocenters. The summed E-state index contributed by atoms with van der Waals surface area (Å²) < 4.78 is 9.27. The fourth-order valence-electron chi connectivity index (χ4n) is 0.637. The van der Waals surface area contributed by atoms with E-state index in [0.717, 1.165) is 0 Å². The van der Waals surface area contributed by atoms with Crippen LogP contribution in [0.4, 0.5) is 0 Å². The highest BCUT2D eigenvalue weighted by molar-refractivity contribution is 5.74. The van der Waals surface area contributed by atoms with E-state index >= 15 is 0 Å². The molecule has 0 aliphatic heterocycles. The van der Waals surface area contributed by atoms with Gasteiger partial charge in [0.2, 0.25) is 0 Å². The van der Waals surface area contributed by atoms with Crippen molar-refractivity contribution >= 4 is 5.97 Å². The zero-order valence-electron chi connectivity index (χ0n) is 6.35. The number of carboxylic acids is 1. The van der Waals surface area contributed by atoms with E-state index in [-0.39, 0.29) is 11.6 Å². The van der Waals surface area contributed by atoms with Crippen molar-refractivity contribution in [2.24, 2.45) is 5.73 Å². The van der Waals surface area contributed by atoms with Crippen molar-refractivity contribution in [1.82, 2.24) is 5.16 Å². The fourth-order valence-corrected chi connectivity index (χ4v) is 0.637. The summed E-state index contributed by atoms with van der Waals surface area (Å²) >= 11 is 0. The Kier molecular flexibility index (Phi) is 2.29. The largest absolute Gasteiger partial charge is 0.480 e. The summed E-state index contributed by atoms with van der Waals surface area (Å²) in [6.45, 7) is 0. The van der Waals surface area contributed by atoms with Gasteiger partial charge in [0.25, 0.3) is 5.88 Å². The van der Waals surface area contributed by atoms with Gasteiger partial charge in [0, 0.05) is 6.07 Å². The molecule has 0 spiro atoms. The number of nitrogens with zero attached hydrogens (tertiary/aromatic N) is 1. The van der Waals surface area contributed by atoms with Crippen LogP contribution in [-0.4, -0.2) is 23.3 Å². The molecular weight excluding hydrogens is 164 g/mol. The summed E-state index contributed by atoms with van der Waals surface area (Å²) in [6, 6.07) is 0.139. The van der Waals surface area contributed by atoms with Gasteiger partial charge in [-0.3, -0.25) is 4.79 Å². The van der Waals surface area contributed by atoms with E-state index in [9.17, 15) is 4.79 Å². The van der Waals surface area contributed by atoms with Crippen molar-refractivity contribution < 1.29 is 19.2 Å². The Balaban J connectivity index is 2.81. The molecule has 1 heterocycles. The van der Waals surface area contributed by atoms with Crippen LogP contribution >= 0.6 is 0 Å². The summed E-state index contributed by atoms with van der Waals surface area (Å²) in [5.41, 5.74) is 5.22. The molecule has 0 bridgehead atoms. The number of methoxy groups -OCH3 is 1. The van der Waals surface area contributed by atoms with Crippen molar-refractivity contribution in [2.45, 2.75) is 6.04 Å². The van der Waals surface area contributed by atoms with E-state index in [1.165, 1.54) is 13.2 Å². The minimum Gasteiger partial charge on any atom is -0.480 e. The molecule has 1 aromatic rings. The first-order valence-corrected chi connectivity index (χ1v) is 3.14. The summed E-state index contributed by atoms with van der Waals surface area (Å²) in [7, 11) is 1.40. The molecule has 3 N–H and O–H groups in total. The number of hydrogen-bond donors (Lipinski definition) is 2. The summed E-state index contributed by atoms with van der Waals surface area (Å²) in [5.74, 6) is -0.894. The van der Waals surface area contributed by atoms with Crippen molar-refractivity contribution in [2.75, 3.05) is 7.11 Å². The normalized spacial score (nSPS) is 12.5. The summed E-state index contributed by atoms with van der Waals surface area (Å²) in [6.07, 6.45) is 0. The monoisotopic (exact) mass is 172 g/mol. The van der Waals surface area contributed by atoms with Crippen molar-refractivity contribution in [3.8, 4) is 5.88 Å². The second-order valence-corrected chi connectivity index (χ2v) is 2.09. The number of rotatable bonds is 3. The molecule has 0 aliphatic carbocycles. The number of aromatic nitrogens is 1. The molecule has 0 saturated carbocycles. The van der Waals surface area contributed by atoms with Gasteiger partial charge in [-0.05, 0) is 5.16 Å². The number of ether oxygens (including phenoxy) is 1. The molecule has 0 amide bonds. The molecule has 1 rings (SSSR count). The van der Waals surface area contributed by atoms with Crippen molar-refractivity contribution in [3.63, 3.8) is 0 Å². The maximum absolute atomic E-state index is 10.3. The molecular formula is C6H8N2O4. The van der Waals surface area contributed by atoms with E-state index in [2.05, 4.69) is 14.4 Å². The second kappa shape index (κ2) is 3.22. The Hall–Kier alpha value is -1.56. The van der Waals surface area contributed by atoms with Gasteiger partial charge >= 0.3 is 5.97 Å². The number of hydrogen-bond acceptors (Lipinski definition) is 5. The topological polar surface area (TPSA) is 98.6 Å². The van der Waals surface area contributed by atoms with Gasteiger partial charge in [-0.15, -0.1) is 0 Å². The lowest BCUT2D eigenvalue weighted by Crippen LogP contribution is -2.19. The minimum absolute atomic E-state index is 0.0688. The number of carboxylic acid groups (broad SMARTS) is 1. The third kappa shape index (κ3) is 1.54. The highest BCUT2D eigenvalue weighted by Gasteiger charge is 2.19. The Morgan fingerprint density at radius 1 is 1.92 bits per heavy atom. The Morgan fingerprint density at radius 3 is 3.00 bits per heavy atom. The molecule has 1 aromatic heterocycles. The molecule has 0 saturated heterocycles. The van der Waals surface area contributed by atoms with Gasteiger partial charge in [0.05, 0.1) is 7.11 Å². The van der Waals surface area contributed by atoms with Crippen molar-refractivity contribution in [3.05, 3.63) is 11.8 Å². The van der Waals surface area contributed by atoms with E-state index < -0.39 is 12.0 Å². The Labute approximate surface area is 67.9 Å². The first-order chi connectivity index (χ1) is 5.65. The lowest BCUT2D eigenvalue weighted by molar-refractivity contribution is -0.139. The number of aliphatic carboxylic acids is 1. The number of carbonyl (C=O) groups is 1. The summed E-state index contributed by atoms with van der Waals surface area (Å²) in [5, 5.41) is 11.9. The molecule has 66 valence electrons. The first kappa shape index (κ1) is 8.54. The molecule has 1 unspecified atom stereocenters. The maximum atomic E-state index is 10.3. The van der Waals surface area contributed by atoms with Crippen LogP contribution < -0.4 is 10.5 Å². The average Bonchev–Trinajstić information content (AvgIpc) is 2.50. The molecule has 0 aromatic carbocycles. The van der Waals surface area contributed by atoms with Crippen LogP contribution in [0.25, 0.3) is 0 Å².